The smallest absolute Gasteiger partial charge is 0.244 e. The number of sulfone groups is 1. The minimum atomic E-state index is -2.90. The van der Waals surface area contributed by atoms with E-state index in [0.29, 0.717) is 12.4 Å². The lowest BCUT2D eigenvalue weighted by molar-refractivity contribution is 0.602. The van der Waals surface area contributed by atoms with Crippen LogP contribution >= 0.6 is 0 Å². The van der Waals surface area contributed by atoms with Gasteiger partial charge in [-0.2, -0.15) is 10.1 Å². The van der Waals surface area contributed by atoms with Gasteiger partial charge in [-0.3, -0.25) is 0 Å². The van der Waals surface area contributed by atoms with Crippen molar-refractivity contribution in [1.82, 2.24) is 15.2 Å². The van der Waals surface area contributed by atoms with Crippen LogP contribution in [0, 0.1) is 0 Å². The molecule has 2 heterocycles. The van der Waals surface area contributed by atoms with Gasteiger partial charge < -0.3 is 10.2 Å². The zero-order valence-electron chi connectivity index (χ0n) is 11.2. The third kappa shape index (κ3) is 3.52. The summed E-state index contributed by atoms with van der Waals surface area (Å²) < 4.78 is 22.8. The van der Waals surface area contributed by atoms with Gasteiger partial charge in [0, 0.05) is 19.1 Å². The summed E-state index contributed by atoms with van der Waals surface area (Å²) >= 11 is 0. The van der Waals surface area contributed by atoms with Crippen LogP contribution in [0.3, 0.4) is 0 Å². The van der Waals surface area contributed by atoms with E-state index in [0.717, 1.165) is 18.9 Å². The van der Waals surface area contributed by atoms with Crippen molar-refractivity contribution in [2.45, 2.75) is 26.3 Å². The van der Waals surface area contributed by atoms with Crippen LogP contribution in [0.5, 0.6) is 0 Å². The maximum absolute atomic E-state index is 11.4. The first-order valence-corrected chi connectivity index (χ1v) is 8.28. The van der Waals surface area contributed by atoms with Crippen LogP contribution in [0.2, 0.25) is 0 Å². The Morgan fingerprint density at radius 1 is 1.42 bits per heavy atom. The Balaban J connectivity index is 2.07. The van der Waals surface area contributed by atoms with E-state index in [1.165, 1.54) is 0 Å². The molecule has 1 aromatic rings. The molecule has 2 rings (SSSR count). The first-order valence-electron chi connectivity index (χ1n) is 6.45. The topological polar surface area (TPSA) is 88.1 Å². The second kappa shape index (κ2) is 5.68. The van der Waals surface area contributed by atoms with E-state index in [9.17, 15) is 8.42 Å². The molecule has 1 saturated heterocycles. The molecule has 0 amide bonds. The van der Waals surface area contributed by atoms with Gasteiger partial charge in [0.25, 0.3) is 0 Å². The minimum absolute atomic E-state index is 0.112. The van der Waals surface area contributed by atoms with Crippen molar-refractivity contribution >= 4 is 21.6 Å². The Labute approximate surface area is 113 Å². The molecule has 1 aliphatic heterocycles. The number of anilines is 2. The highest BCUT2D eigenvalue weighted by Crippen LogP contribution is 2.16. The fraction of sp³-hybridized carbons (Fsp3) is 0.727. The van der Waals surface area contributed by atoms with Gasteiger partial charge in [0.15, 0.2) is 15.7 Å². The second-order valence-electron chi connectivity index (χ2n) is 4.55. The summed E-state index contributed by atoms with van der Waals surface area (Å²) in [5.41, 5.74) is 0. The number of rotatable bonds is 5. The fourth-order valence-corrected chi connectivity index (χ4v) is 3.82. The molecule has 1 aliphatic rings. The van der Waals surface area contributed by atoms with Crippen molar-refractivity contribution in [3.8, 4) is 0 Å². The highest BCUT2D eigenvalue weighted by Gasteiger charge is 2.28. The molecule has 8 heteroatoms. The van der Waals surface area contributed by atoms with Crippen LogP contribution in [-0.2, 0) is 9.84 Å². The minimum Gasteiger partial charge on any atom is -0.356 e. The highest BCUT2D eigenvalue weighted by atomic mass is 32.2. The van der Waals surface area contributed by atoms with Gasteiger partial charge in [-0.15, -0.1) is 5.10 Å². The zero-order chi connectivity index (χ0) is 13.9. The quantitative estimate of drug-likeness (QED) is 0.833. The molecule has 0 spiro atoms. The number of hydrogen-bond acceptors (Lipinski definition) is 7. The van der Waals surface area contributed by atoms with Crippen molar-refractivity contribution in [3.05, 3.63) is 6.20 Å². The second-order valence-corrected chi connectivity index (χ2v) is 6.78. The SMILES string of the molecule is CCN(CC)c1cnnc(NC2CCS(=O)(=O)C2)n1. The van der Waals surface area contributed by atoms with Crippen molar-refractivity contribution in [1.29, 1.82) is 0 Å². The molecular weight excluding hydrogens is 266 g/mol. The van der Waals surface area contributed by atoms with Crippen LogP contribution in [-0.4, -0.2) is 54.2 Å². The number of nitrogens with zero attached hydrogens (tertiary/aromatic N) is 4. The molecule has 106 valence electrons. The standard InChI is InChI=1S/C11H19N5O2S/c1-3-16(4-2)10-7-12-15-11(14-10)13-9-5-6-19(17,18)8-9/h7,9H,3-6,8H2,1-2H3,(H,13,14,15). The zero-order valence-corrected chi connectivity index (χ0v) is 12.0. The van der Waals surface area contributed by atoms with E-state index < -0.39 is 9.84 Å². The van der Waals surface area contributed by atoms with Crippen molar-refractivity contribution in [2.24, 2.45) is 0 Å². The summed E-state index contributed by atoms with van der Waals surface area (Å²) in [5.74, 6) is 1.52. The van der Waals surface area contributed by atoms with E-state index in [4.69, 9.17) is 0 Å². The molecule has 0 aliphatic carbocycles. The largest absolute Gasteiger partial charge is 0.356 e. The molecule has 1 unspecified atom stereocenters. The monoisotopic (exact) mass is 285 g/mol. The average molecular weight is 285 g/mol. The van der Waals surface area contributed by atoms with Gasteiger partial charge in [-0.25, -0.2) is 8.42 Å². The molecule has 0 radical (unpaired) electrons. The van der Waals surface area contributed by atoms with Gasteiger partial charge in [0.1, 0.15) is 0 Å². The van der Waals surface area contributed by atoms with E-state index in [1.54, 1.807) is 6.20 Å². The molecule has 1 fully saturated rings. The Morgan fingerprint density at radius 2 is 2.16 bits per heavy atom. The van der Waals surface area contributed by atoms with E-state index in [2.05, 4.69) is 25.4 Å². The van der Waals surface area contributed by atoms with Crippen molar-refractivity contribution in [3.63, 3.8) is 0 Å². The lowest BCUT2D eigenvalue weighted by atomic mass is 10.3. The third-order valence-electron chi connectivity index (χ3n) is 3.20. The molecule has 0 aromatic carbocycles. The van der Waals surface area contributed by atoms with Gasteiger partial charge in [-0.05, 0) is 20.3 Å². The van der Waals surface area contributed by atoms with Crippen molar-refractivity contribution in [2.75, 3.05) is 34.8 Å². The van der Waals surface area contributed by atoms with Crippen LogP contribution < -0.4 is 10.2 Å². The Bertz CT molecular complexity index is 530. The molecule has 0 saturated carbocycles. The van der Waals surface area contributed by atoms with E-state index in [1.807, 2.05) is 13.8 Å². The summed E-state index contributed by atoms with van der Waals surface area (Å²) in [6, 6.07) is -0.112. The molecule has 1 N–H and O–H groups in total. The number of aromatic nitrogens is 3. The first kappa shape index (κ1) is 14.0. The Morgan fingerprint density at radius 3 is 2.74 bits per heavy atom. The Hall–Kier alpha value is -1.44. The van der Waals surface area contributed by atoms with E-state index in [-0.39, 0.29) is 17.5 Å². The average Bonchev–Trinajstić information content (AvgIpc) is 2.71. The lowest BCUT2D eigenvalue weighted by Gasteiger charge is -2.19. The molecule has 1 aromatic heterocycles. The maximum Gasteiger partial charge on any atom is 0.244 e. The highest BCUT2D eigenvalue weighted by molar-refractivity contribution is 7.91. The van der Waals surface area contributed by atoms with Gasteiger partial charge >= 0.3 is 0 Å². The summed E-state index contributed by atoms with van der Waals surface area (Å²) in [6.45, 7) is 5.77. The predicted molar refractivity (Wildman–Crippen MR) is 74.1 cm³/mol. The molecular formula is C11H19N5O2S. The van der Waals surface area contributed by atoms with Crippen LogP contribution in [0.15, 0.2) is 6.20 Å². The van der Waals surface area contributed by atoms with Crippen LogP contribution in [0.1, 0.15) is 20.3 Å². The lowest BCUT2D eigenvalue weighted by Crippen LogP contribution is -2.26. The maximum atomic E-state index is 11.4. The molecule has 1 atom stereocenters. The molecule has 0 bridgehead atoms. The number of nitrogens with one attached hydrogen (secondary N) is 1. The molecule has 19 heavy (non-hydrogen) atoms. The molecule has 7 nitrogen and oxygen atoms in total. The summed E-state index contributed by atoms with van der Waals surface area (Å²) in [5, 5.41) is 10.9. The van der Waals surface area contributed by atoms with Crippen LogP contribution in [0.4, 0.5) is 11.8 Å². The number of hydrogen-bond donors (Lipinski definition) is 1. The third-order valence-corrected chi connectivity index (χ3v) is 4.97. The first-order chi connectivity index (χ1) is 9.04. The van der Waals surface area contributed by atoms with Gasteiger partial charge in [0.05, 0.1) is 17.7 Å². The van der Waals surface area contributed by atoms with Gasteiger partial charge in [0.2, 0.25) is 5.95 Å². The summed E-state index contributed by atoms with van der Waals surface area (Å²) in [4.78, 5) is 6.43. The fourth-order valence-electron chi connectivity index (χ4n) is 2.15. The van der Waals surface area contributed by atoms with E-state index >= 15 is 0 Å². The normalized spacial score (nSPS) is 21.3. The predicted octanol–water partition coefficient (Wildman–Crippen LogP) is 0.317. The van der Waals surface area contributed by atoms with Gasteiger partial charge in [-0.1, -0.05) is 0 Å². The summed E-state index contributed by atoms with van der Waals surface area (Å²) in [6.07, 6.45) is 2.21. The summed E-state index contributed by atoms with van der Waals surface area (Å²) in [7, 11) is -2.90. The van der Waals surface area contributed by atoms with Crippen LogP contribution in [0.25, 0.3) is 0 Å². The van der Waals surface area contributed by atoms with Crippen molar-refractivity contribution < 1.29 is 8.42 Å². The Kier molecular flexibility index (Phi) is 4.18.